The molecule has 0 N–H and O–H groups in total. The number of hydrogen-bond acceptors (Lipinski definition) is 2. The summed E-state index contributed by atoms with van der Waals surface area (Å²) in [4.78, 5) is 11.7. The average Bonchev–Trinajstić information content (AvgIpc) is 2.36. The second kappa shape index (κ2) is 3.10. The van der Waals surface area contributed by atoms with E-state index in [1.54, 1.807) is 0 Å². The molecule has 0 radical (unpaired) electrons. The zero-order valence-corrected chi connectivity index (χ0v) is 9.35. The minimum Gasteiger partial charge on any atom is -0.492 e. The van der Waals surface area contributed by atoms with E-state index in [1.807, 2.05) is 12.1 Å². The molecule has 0 unspecified atom stereocenters. The van der Waals surface area contributed by atoms with E-state index in [9.17, 15) is 4.79 Å². The number of ether oxygens (including phenoxy) is 1. The lowest BCUT2D eigenvalue weighted by atomic mass is 9.67. The molecular formula is C15H12O2. The first kappa shape index (κ1) is 9.23. The predicted molar refractivity (Wildman–Crippen MR) is 65.3 cm³/mol. The fourth-order valence-electron chi connectivity index (χ4n) is 3.04. The zero-order valence-electron chi connectivity index (χ0n) is 9.35. The summed E-state index contributed by atoms with van der Waals surface area (Å²) >= 11 is 0. The molecule has 2 nitrogen and oxygen atoms in total. The highest BCUT2D eigenvalue weighted by Gasteiger charge is 2.45. The number of benzene rings is 2. The number of hydrogen-bond donors (Lipinski definition) is 0. The van der Waals surface area contributed by atoms with E-state index < -0.39 is 0 Å². The van der Waals surface area contributed by atoms with Crippen LogP contribution in [0.3, 0.4) is 0 Å². The first-order valence-corrected chi connectivity index (χ1v) is 6.02. The smallest absolute Gasteiger partial charge is 0.141 e. The Bertz CT molecular complexity index is 630. The lowest BCUT2D eigenvalue weighted by Gasteiger charge is -2.40. The highest BCUT2D eigenvalue weighted by molar-refractivity contribution is 5.97. The van der Waals surface area contributed by atoms with E-state index in [0.717, 1.165) is 16.7 Å². The van der Waals surface area contributed by atoms with Gasteiger partial charge in [0.25, 0.3) is 0 Å². The molecular weight excluding hydrogens is 212 g/mol. The standard InChI is InChI=1S/C15H12O2/c16-13-7-10-8-17-15-11-4-2-1-3-9(11)5-6-12(15)14(10)13/h1-6,10,14H,7-8H2/t10-,14-/m0/s1. The molecule has 1 fully saturated rings. The van der Waals surface area contributed by atoms with E-state index in [4.69, 9.17) is 4.74 Å². The van der Waals surface area contributed by atoms with Gasteiger partial charge in [0, 0.05) is 23.3 Å². The molecule has 2 aromatic rings. The normalized spacial score (nSPS) is 25.8. The summed E-state index contributed by atoms with van der Waals surface area (Å²) in [6.45, 7) is 0.692. The first-order valence-electron chi connectivity index (χ1n) is 6.02. The molecule has 2 aromatic carbocycles. The number of carbonyl (C=O) groups is 1. The maximum atomic E-state index is 11.7. The summed E-state index contributed by atoms with van der Waals surface area (Å²) in [7, 11) is 0. The van der Waals surface area contributed by atoms with Crippen molar-refractivity contribution in [2.75, 3.05) is 6.61 Å². The maximum absolute atomic E-state index is 11.7. The molecule has 0 spiro atoms. The highest BCUT2D eigenvalue weighted by atomic mass is 16.5. The third-order valence-corrected chi connectivity index (χ3v) is 3.97. The summed E-state index contributed by atoms with van der Waals surface area (Å²) in [5.41, 5.74) is 1.09. The summed E-state index contributed by atoms with van der Waals surface area (Å²) in [5, 5.41) is 2.31. The van der Waals surface area contributed by atoms with Crippen LogP contribution in [0.5, 0.6) is 5.75 Å². The zero-order chi connectivity index (χ0) is 11.4. The molecule has 1 aliphatic heterocycles. The summed E-state index contributed by atoms with van der Waals surface area (Å²) < 4.78 is 5.87. The van der Waals surface area contributed by atoms with Gasteiger partial charge in [-0.1, -0.05) is 36.4 Å². The van der Waals surface area contributed by atoms with Crippen LogP contribution >= 0.6 is 0 Å². The molecule has 4 rings (SSSR count). The molecule has 0 amide bonds. The van der Waals surface area contributed by atoms with Crippen molar-refractivity contribution < 1.29 is 9.53 Å². The molecule has 1 heterocycles. The fourth-order valence-corrected chi connectivity index (χ4v) is 3.04. The topological polar surface area (TPSA) is 26.3 Å². The van der Waals surface area contributed by atoms with E-state index in [2.05, 4.69) is 24.3 Å². The lowest BCUT2D eigenvalue weighted by molar-refractivity contribution is -0.131. The van der Waals surface area contributed by atoms with Crippen LogP contribution < -0.4 is 4.74 Å². The summed E-state index contributed by atoms with van der Waals surface area (Å²) in [5.74, 6) is 1.81. The second-order valence-electron chi connectivity index (χ2n) is 4.92. The quantitative estimate of drug-likeness (QED) is 0.687. The van der Waals surface area contributed by atoms with Crippen molar-refractivity contribution in [3.63, 3.8) is 0 Å². The number of rotatable bonds is 0. The number of fused-ring (bicyclic) bond motifs is 5. The Morgan fingerprint density at radius 3 is 2.88 bits per heavy atom. The highest BCUT2D eigenvalue weighted by Crippen LogP contribution is 2.48. The van der Waals surface area contributed by atoms with Gasteiger partial charge in [0.05, 0.1) is 12.5 Å². The largest absolute Gasteiger partial charge is 0.492 e. The van der Waals surface area contributed by atoms with Crippen LogP contribution in [-0.2, 0) is 4.79 Å². The van der Waals surface area contributed by atoms with Crippen molar-refractivity contribution in [2.45, 2.75) is 12.3 Å². The van der Waals surface area contributed by atoms with Gasteiger partial charge in [-0.15, -0.1) is 0 Å². The van der Waals surface area contributed by atoms with Crippen LogP contribution in [0.4, 0.5) is 0 Å². The average molecular weight is 224 g/mol. The molecule has 2 atom stereocenters. The van der Waals surface area contributed by atoms with Gasteiger partial charge in [-0.2, -0.15) is 0 Å². The summed E-state index contributed by atoms with van der Waals surface area (Å²) in [6.07, 6.45) is 0.691. The number of ketones is 1. The first-order chi connectivity index (χ1) is 8.34. The molecule has 2 heteroatoms. The number of Topliss-reactive ketones (excluding diaryl/α,β-unsaturated/α-hetero) is 1. The molecule has 2 aliphatic rings. The SMILES string of the molecule is O=C1C[C@H]2COc3c(ccc4ccccc34)[C@@H]12. The van der Waals surface area contributed by atoms with Gasteiger partial charge < -0.3 is 4.74 Å². The van der Waals surface area contributed by atoms with E-state index in [0.29, 0.717) is 24.7 Å². The third-order valence-electron chi connectivity index (χ3n) is 3.97. The van der Waals surface area contributed by atoms with Crippen LogP contribution in [0.15, 0.2) is 36.4 Å². The van der Waals surface area contributed by atoms with Gasteiger partial charge in [0.2, 0.25) is 0 Å². The molecule has 84 valence electrons. The summed E-state index contributed by atoms with van der Waals surface area (Å²) in [6, 6.07) is 12.3. The van der Waals surface area contributed by atoms with Crippen LogP contribution in [0.1, 0.15) is 17.9 Å². The second-order valence-corrected chi connectivity index (χ2v) is 4.92. The Kier molecular flexibility index (Phi) is 1.68. The van der Waals surface area contributed by atoms with Gasteiger partial charge in [0.1, 0.15) is 11.5 Å². The Balaban J connectivity index is 2.00. The van der Waals surface area contributed by atoms with Crippen molar-refractivity contribution >= 4 is 16.6 Å². The van der Waals surface area contributed by atoms with Crippen LogP contribution in [0.25, 0.3) is 10.8 Å². The van der Waals surface area contributed by atoms with Crippen molar-refractivity contribution in [1.29, 1.82) is 0 Å². The minimum absolute atomic E-state index is 0.100. The van der Waals surface area contributed by atoms with Gasteiger partial charge in [0.15, 0.2) is 0 Å². The van der Waals surface area contributed by atoms with E-state index in [-0.39, 0.29) is 5.92 Å². The Morgan fingerprint density at radius 1 is 1.12 bits per heavy atom. The van der Waals surface area contributed by atoms with Crippen molar-refractivity contribution in [3.05, 3.63) is 42.0 Å². The van der Waals surface area contributed by atoms with Crippen molar-refractivity contribution in [2.24, 2.45) is 5.92 Å². The van der Waals surface area contributed by atoms with Gasteiger partial charge in [-0.3, -0.25) is 4.79 Å². The van der Waals surface area contributed by atoms with Gasteiger partial charge in [-0.25, -0.2) is 0 Å². The molecule has 0 saturated heterocycles. The number of carbonyl (C=O) groups excluding carboxylic acids is 1. The predicted octanol–water partition coefficient (Wildman–Crippen LogP) is 2.90. The third kappa shape index (κ3) is 1.13. The van der Waals surface area contributed by atoms with Gasteiger partial charge >= 0.3 is 0 Å². The Morgan fingerprint density at radius 2 is 2.00 bits per heavy atom. The van der Waals surface area contributed by atoms with Crippen LogP contribution in [-0.4, -0.2) is 12.4 Å². The van der Waals surface area contributed by atoms with E-state index in [1.165, 1.54) is 5.39 Å². The van der Waals surface area contributed by atoms with Crippen molar-refractivity contribution in [1.82, 2.24) is 0 Å². The fraction of sp³-hybridized carbons (Fsp3) is 0.267. The lowest BCUT2D eigenvalue weighted by Crippen LogP contribution is -2.41. The minimum atomic E-state index is 0.100. The Labute approximate surface area is 99.2 Å². The molecule has 1 aliphatic carbocycles. The Hall–Kier alpha value is -1.83. The molecule has 17 heavy (non-hydrogen) atoms. The van der Waals surface area contributed by atoms with Crippen LogP contribution in [0, 0.1) is 5.92 Å². The van der Waals surface area contributed by atoms with Gasteiger partial charge in [-0.05, 0) is 5.39 Å². The van der Waals surface area contributed by atoms with E-state index >= 15 is 0 Å². The molecule has 0 bridgehead atoms. The van der Waals surface area contributed by atoms with Crippen LogP contribution in [0.2, 0.25) is 0 Å². The van der Waals surface area contributed by atoms with Crippen molar-refractivity contribution in [3.8, 4) is 5.75 Å². The maximum Gasteiger partial charge on any atom is 0.141 e. The monoisotopic (exact) mass is 224 g/mol. The molecule has 0 aromatic heterocycles. The molecule has 1 saturated carbocycles.